The van der Waals surface area contributed by atoms with E-state index in [-0.39, 0.29) is 12.1 Å². The quantitative estimate of drug-likeness (QED) is 0.593. The van der Waals surface area contributed by atoms with Crippen molar-refractivity contribution < 1.29 is 4.74 Å². The zero-order valence-corrected chi connectivity index (χ0v) is 12.4. The fraction of sp³-hybridized carbons (Fsp3) is 0.688. The predicted octanol–water partition coefficient (Wildman–Crippen LogP) is 2.44. The van der Waals surface area contributed by atoms with Gasteiger partial charge in [-0.3, -0.25) is 16.3 Å². The maximum atomic E-state index is 6.04. The minimum absolute atomic E-state index is 0.155. The molecule has 1 aliphatic carbocycles. The number of hydrazine groups is 1. The number of aromatic nitrogens is 1. The smallest absolute Gasteiger partial charge is 0.0772 e. The van der Waals surface area contributed by atoms with Gasteiger partial charge < -0.3 is 4.74 Å². The van der Waals surface area contributed by atoms with Crippen LogP contribution in [0.15, 0.2) is 24.5 Å². The molecular weight excluding hydrogens is 250 g/mol. The molecule has 1 heterocycles. The van der Waals surface area contributed by atoms with Crippen molar-refractivity contribution in [3.63, 3.8) is 0 Å². The molecule has 0 aliphatic heterocycles. The topological polar surface area (TPSA) is 60.2 Å². The van der Waals surface area contributed by atoms with Crippen LogP contribution in [0.25, 0.3) is 0 Å². The maximum absolute atomic E-state index is 6.04. The van der Waals surface area contributed by atoms with Crippen molar-refractivity contribution in [3.8, 4) is 0 Å². The maximum Gasteiger partial charge on any atom is 0.0772 e. The van der Waals surface area contributed by atoms with Crippen LogP contribution in [0.2, 0.25) is 0 Å². The summed E-state index contributed by atoms with van der Waals surface area (Å²) < 4.78 is 6.04. The summed E-state index contributed by atoms with van der Waals surface area (Å²) in [6, 6.07) is 4.22. The molecule has 1 aliphatic rings. The molecule has 2 atom stereocenters. The lowest BCUT2D eigenvalue weighted by atomic mass is 9.81. The van der Waals surface area contributed by atoms with E-state index >= 15 is 0 Å². The van der Waals surface area contributed by atoms with Gasteiger partial charge in [0, 0.05) is 19.0 Å². The number of hydrogen-bond donors (Lipinski definition) is 2. The van der Waals surface area contributed by atoms with Gasteiger partial charge in [0.15, 0.2) is 0 Å². The molecule has 0 saturated heterocycles. The molecule has 20 heavy (non-hydrogen) atoms. The van der Waals surface area contributed by atoms with Gasteiger partial charge in [-0.2, -0.15) is 0 Å². The van der Waals surface area contributed by atoms with Gasteiger partial charge in [0.2, 0.25) is 0 Å². The molecule has 1 aromatic heterocycles. The average Bonchev–Trinajstić information content (AvgIpc) is 2.52. The molecule has 0 radical (unpaired) electrons. The number of nitrogens with zero attached hydrogens (tertiary/aromatic N) is 1. The molecule has 0 aromatic carbocycles. The SMILES string of the molecule is CCOC(C1CCCCC1)C(Cc1cccnc1)NN. The number of ether oxygens (including phenoxy) is 1. The van der Waals surface area contributed by atoms with Gasteiger partial charge in [0.1, 0.15) is 0 Å². The first-order chi connectivity index (χ1) is 9.85. The molecule has 3 N–H and O–H groups in total. The molecule has 2 rings (SSSR count). The Bertz CT molecular complexity index is 365. The normalized spacial score (nSPS) is 19.7. The molecular formula is C16H27N3O. The van der Waals surface area contributed by atoms with E-state index in [2.05, 4.69) is 23.4 Å². The average molecular weight is 277 g/mol. The Labute approximate surface area is 122 Å². The van der Waals surface area contributed by atoms with Crippen LogP contribution >= 0.6 is 0 Å². The van der Waals surface area contributed by atoms with E-state index in [9.17, 15) is 0 Å². The minimum atomic E-state index is 0.155. The lowest BCUT2D eigenvalue weighted by Crippen LogP contribution is -2.50. The molecule has 0 spiro atoms. The Balaban J connectivity index is 2.03. The third-order valence-electron chi connectivity index (χ3n) is 4.26. The highest BCUT2D eigenvalue weighted by Gasteiger charge is 2.30. The Kier molecular flexibility index (Phi) is 6.43. The first kappa shape index (κ1) is 15.4. The summed E-state index contributed by atoms with van der Waals surface area (Å²) in [5.41, 5.74) is 4.18. The van der Waals surface area contributed by atoms with E-state index in [1.165, 1.54) is 37.7 Å². The predicted molar refractivity (Wildman–Crippen MR) is 81.0 cm³/mol. The van der Waals surface area contributed by atoms with E-state index in [1.54, 1.807) is 6.20 Å². The second-order valence-corrected chi connectivity index (χ2v) is 5.66. The fourth-order valence-corrected chi connectivity index (χ4v) is 3.28. The van der Waals surface area contributed by atoms with Crippen molar-refractivity contribution in [2.75, 3.05) is 6.61 Å². The summed E-state index contributed by atoms with van der Waals surface area (Å²) in [5.74, 6) is 6.43. The minimum Gasteiger partial charge on any atom is -0.377 e. The number of nitrogens with two attached hydrogens (primary N) is 1. The summed E-state index contributed by atoms with van der Waals surface area (Å²) in [4.78, 5) is 4.18. The molecule has 4 nitrogen and oxygen atoms in total. The van der Waals surface area contributed by atoms with Gasteiger partial charge in [-0.15, -0.1) is 0 Å². The number of nitrogens with one attached hydrogen (secondary N) is 1. The molecule has 0 bridgehead atoms. The summed E-state index contributed by atoms with van der Waals surface area (Å²) in [7, 11) is 0. The number of hydrogen-bond acceptors (Lipinski definition) is 4. The molecule has 0 amide bonds. The van der Waals surface area contributed by atoms with E-state index < -0.39 is 0 Å². The van der Waals surface area contributed by atoms with Crippen molar-refractivity contribution in [1.82, 2.24) is 10.4 Å². The summed E-state index contributed by atoms with van der Waals surface area (Å²) in [6.07, 6.45) is 11.3. The molecule has 1 saturated carbocycles. The molecule has 1 fully saturated rings. The Morgan fingerprint density at radius 2 is 2.20 bits per heavy atom. The van der Waals surface area contributed by atoms with Crippen molar-refractivity contribution in [2.45, 2.75) is 57.6 Å². The van der Waals surface area contributed by atoms with Crippen LogP contribution < -0.4 is 11.3 Å². The second kappa shape index (κ2) is 8.35. The second-order valence-electron chi connectivity index (χ2n) is 5.66. The third kappa shape index (κ3) is 4.27. The van der Waals surface area contributed by atoms with E-state index in [1.807, 2.05) is 12.3 Å². The summed E-state index contributed by atoms with van der Waals surface area (Å²) in [5, 5.41) is 0. The standard InChI is InChI=1S/C16H27N3O/c1-2-20-16(14-8-4-3-5-9-14)15(19-17)11-13-7-6-10-18-12-13/h6-7,10,12,14-16,19H,2-5,8-9,11,17H2,1H3. The highest BCUT2D eigenvalue weighted by atomic mass is 16.5. The highest BCUT2D eigenvalue weighted by molar-refractivity contribution is 5.11. The molecule has 112 valence electrons. The van der Waals surface area contributed by atoms with Crippen molar-refractivity contribution in [1.29, 1.82) is 0 Å². The number of pyridine rings is 1. The lowest BCUT2D eigenvalue weighted by Gasteiger charge is -2.35. The van der Waals surface area contributed by atoms with E-state index in [0.717, 1.165) is 13.0 Å². The fourth-order valence-electron chi connectivity index (χ4n) is 3.28. The molecule has 2 unspecified atom stereocenters. The van der Waals surface area contributed by atoms with E-state index in [4.69, 9.17) is 10.6 Å². The van der Waals surface area contributed by atoms with Crippen molar-refractivity contribution >= 4 is 0 Å². The van der Waals surface area contributed by atoms with Gasteiger partial charge in [0.05, 0.1) is 12.1 Å². The lowest BCUT2D eigenvalue weighted by molar-refractivity contribution is -0.0175. The molecule has 1 aromatic rings. The zero-order chi connectivity index (χ0) is 14.2. The Morgan fingerprint density at radius 3 is 2.80 bits per heavy atom. The Morgan fingerprint density at radius 1 is 1.40 bits per heavy atom. The first-order valence-corrected chi connectivity index (χ1v) is 7.81. The van der Waals surface area contributed by atoms with Gasteiger partial charge >= 0.3 is 0 Å². The van der Waals surface area contributed by atoms with Crippen molar-refractivity contribution in [3.05, 3.63) is 30.1 Å². The van der Waals surface area contributed by atoms with Crippen LogP contribution in [0.3, 0.4) is 0 Å². The monoisotopic (exact) mass is 277 g/mol. The Hall–Kier alpha value is -0.970. The van der Waals surface area contributed by atoms with Crippen LogP contribution in [0.5, 0.6) is 0 Å². The van der Waals surface area contributed by atoms with Crippen LogP contribution in [0, 0.1) is 5.92 Å². The van der Waals surface area contributed by atoms with Gasteiger partial charge in [-0.25, -0.2) is 0 Å². The summed E-state index contributed by atoms with van der Waals surface area (Å²) in [6.45, 7) is 2.81. The van der Waals surface area contributed by atoms with Gasteiger partial charge in [-0.1, -0.05) is 25.3 Å². The van der Waals surface area contributed by atoms with Gasteiger partial charge in [0.25, 0.3) is 0 Å². The summed E-state index contributed by atoms with van der Waals surface area (Å²) >= 11 is 0. The molecule has 4 heteroatoms. The number of rotatable bonds is 7. The van der Waals surface area contributed by atoms with Crippen LogP contribution in [-0.2, 0) is 11.2 Å². The first-order valence-electron chi connectivity index (χ1n) is 7.81. The van der Waals surface area contributed by atoms with Gasteiger partial charge in [-0.05, 0) is 43.7 Å². The van der Waals surface area contributed by atoms with Crippen LogP contribution in [-0.4, -0.2) is 23.7 Å². The van der Waals surface area contributed by atoms with E-state index in [0.29, 0.717) is 5.92 Å². The van der Waals surface area contributed by atoms with Crippen molar-refractivity contribution in [2.24, 2.45) is 11.8 Å². The largest absolute Gasteiger partial charge is 0.377 e. The van der Waals surface area contributed by atoms with Crippen LogP contribution in [0.1, 0.15) is 44.6 Å². The van der Waals surface area contributed by atoms with Crippen LogP contribution in [0.4, 0.5) is 0 Å². The highest BCUT2D eigenvalue weighted by Crippen LogP contribution is 2.30. The third-order valence-corrected chi connectivity index (χ3v) is 4.26. The zero-order valence-electron chi connectivity index (χ0n) is 12.4.